The first-order valence-electron chi connectivity index (χ1n) is 11.2. The third-order valence-corrected chi connectivity index (χ3v) is 8.61. The number of nitrogens with zero attached hydrogens (tertiary/aromatic N) is 3. The summed E-state index contributed by atoms with van der Waals surface area (Å²) in [6, 6.07) is 8.31. The molecule has 1 aliphatic heterocycles. The van der Waals surface area contributed by atoms with E-state index in [1.165, 1.54) is 33.3 Å². The average Bonchev–Trinajstić information content (AvgIpc) is 3.16. The first kappa shape index (κ1) is 21.5. The largest absolute Gasteiger partial charge is 0.337 e. The molecule has 5 rings (SSSR count). The van der Waals surface area contributed by atoms with Crippen molar-refractivity contribution in [2.24, 2.45) is 5.92 Å². The Kier molecular flexibility index (Phi) is 5.95. The van der Waals surface area contributed by atoms with Crippen LogP contribution in [0.4, 0.5) is 0 Å². The lowest BCUT2D eigenvalue weighted by atomic mass is 9.89. The van der Waals surface area contributed by atoms with Gasteiger partial charge in [-0.05, 0) is 48.3 Å². The predicted octanol–water partition coefficient (Wildman–Crippen LogP) is 4.45. The van der Waals surface area contributed by atoms with E-state index >= 15 is 0 Å². The molecule has 3 heterocycles. The molecular weight excluding hydrogens is 438 g/mol. The van der Waals surface area contributed by atoms with Gasteiger partial charge in [0.15, 0.2) is 5.16 Å². The number of rotatable bonds is 5. The number of thioether (sulfide) groups is 1. The summed E-state index contributed by atoms with van der Waals surface area (Å²) in [6.45, 7) is 7.87. The Bertz CT molecular complexity index is 1260. The zero-order chi connectivity index (χ0) is 22.2. The number of amides is 1. The van der Waals surface area contributed by atoms with Crippen molar-refractivity contribution >= 4 is 39.2 Å². The molecule has 1 atom stereocenters. The number of thiophene rings is 1. The molecule has 1 aromatic carbocycles. The molecule has 0 saturated carbocycles. The lowest BCUT2D eigenvalue weighted by Gasteiger charge is -2.28. The maximum Gasteiger partial charge on any atom is 0.263 e. The van der Waals surface area contributed by atoms with Gasteiger partial charge in [-0.15, -0.1) is 17.9 Å². The van der Waals surface area contributed by atoms with Gasteiger partial charge in [0.05, 0.1) is 11.1 Å². The van der Waals surface area contributed by atoms with Gasteiger partial charge in [-0.1, -0.05) is 49.0 Å². The summed E-state index contributed by atoms with van der Waals surface area (Å²) >= 11 is 3.02. The van der Waals surface area contributed by atoms with Crippen LogP contribution in [0, 0.1) is 5.92 Å². The first-order chi connectivity index (χ1) is 15.5. The standard InChI is InChI=1S/C25H27N3O2S2/c1-3-11-28-24(30)22-19-9-8-16(2)13-20(19)32-23(22)26-25(28)31-15-21(29)27-12-10-17-6-4-5-7-18(17)14-27/h3-7,16H,1,8-15H2,2H3/t16-/m1/s1. The van der Waals surface area contributed by atoms with Crippen LogP contribution in [-0.2, 0) is 37.1 Å². The Morgan fingerprint density at radius 3 is 2.94 bits per heavy atom. The third kappa shape index (κ3) is 3.92. The second-order valence-electron chi connectivity index (χ2n) is 8.75. The molecule has 32 heavy (non-hydrogen) atoms. The Balaban J connectivity index is 1.40. The number of allylic oxidation sites excluding steroid dienone is 1. The average molecular weight is 466 g/mol. The fraction of sp³-hybridized carbons (Fsp3) is 0.400. The first-order valence-corrected chi connectivity index (χ1v) is 13.0. The van der Waals surface area contributed by atoms with E-state index in [-0.39, 0.29) is 17.2 Å². The number of carbonyl (C=O) groups excluding carboxylic acids is 1. The lowest BCUT2D eigenvalue weighted by molar-refractivity contribution is -0.129. The molecular formula is C25H27N3O2S2. The van der Waals surface area contributed by atoms with Crippen LogP contribution in [0.15, 0.2) is 46.9 Å². The zero-order valence-corrected chi connectivity index (χ0v) is 19.9. The fourth-order valence-electron chi connectivity index (χ4n) is 4.73. The van der Waals surface area contributed by atoms with Crippen LogP contribution in [0.25, 0.3) is 10.2 Å². The maximum absolute atomic E-state index is 13.4. The Labute approximate surface area is 196 Å². The molecule has 5 nitrogen and oxygen atoms in total. The molecule has 166 valence electrons. The van der Waals surface area contributed by atoms with E-state index in [4.69, 9.17) is 4.98 Å². The highest BCUT2D eigenvalue weighted by Gasteiger charge is 2.25. The van der Waals surface area contributed by atoms with Crippen LogP contribution < -0.4 is 5.56 Å². The molecule has 0 bridgehead atoms. The van der Waals surface area contributed by atoms with E-state index in [9.17, 15) is 9.59 Å². The number of hydrogen-bond donors (Lipinski definition) is 0. The smallest absolute Gasteiger partial charge is 0.263 e. The Morgan fingerprint density at radius 1 is 1.31 bits per heavy atom. The monoisotopic (exact) mass is 465 g/mol. The molecule has 0 spiro atoms. The molecule has 2 aliphatic rings. The van der Waals surface area contributed by atoms with Gasteiger partial charge in [0.25, 0.3) is 5.56 Å². The van der Waals surface area contributed by atoms with Gasteiger partial charge >= 0.3 is 0 Å². The van der Waals surface area contributed by atoms with Gasteiger partial charge in [-0.3, -0.25) is 14.2 Å². The molecule has 0 N–H and O–H groups in total. The number of aromatic nitrogens is 2. The summed E-state index contributed by atoms with van der Waals surface area (Å²) in [4.78, 5) is 35.3. The highest BCUT2D eigenvalue weighted by molar-refractivity contribution is 7.99. The second-order valence-corrected chi connectivity index (χ2v) is 10.8. The molecule has 0 unspecified atom stereocenters. The lowest BCUT2D eigenvalue weighted by Crippen LogP contribution is -2.37. The second kappa shape index (κ2) is 8.87. The minimum absolute atomic E-state index is 0.00352. The summed E-state index contributed by atoms with van der Waals surface area (Å²) in [5, 5.41) is 1.39. The summed E-state index contributed by atoms with van der Waals surface area (Å²) in [5.41, 5.74) is 3.74. The van der Waals surface area contributed by atoms with Crippen molar-refractivity contribution in [1.82, 2.24) is 14.5 Å². The van der Waals surface area contributed by atoms with E-state index in [0.29, 0.717) is 24.2 Å². The number of fused-ring (bicyclic) bond motifs is 4. The van der Waals surface area contributed by atoms with E-state index in [2.05, 4.69) is 31.7 Å². The fourth-order valence-corrected chi connectivity index (χ4v) is 7.07. The Hall–Kier alpha value is -2.38. The van der Waals surface area contributed by atoms with Gasteiger partial charge in [-0.25, -0.2) is 4.98 Å². The normalized spacial score (nSPS) is 17.8. The quantitative estimate of drug-likeness (QED) is 0.317. The van der Waals surface area contributed by atoms with E-state index in [0.717, 1.165) is 42.4 Å². The van der Waals surface area contributed by atoms with Crippen molar-refractivity contribution in [1.29, 1.82) is 0 Å². The van der Waals surface area contributed by atoms with E-state index in [1.807, 2.05) is 11.0 Å². The molecule has 7 heteroatoms. The molecule has 0 saturated heterocycles. The molecule has 0 fully saturated rings. The van der Waals surface area contributed by atoms with Crippen LogP contribution in [0.1, 0.15) is 34.9 Å². The minimum Gasteiger partial charge on any atom is -0.337 e. The van der Waals surface area contributed by atoms with Gasteiger partial charge in [-0.2, -0.15) is 0 Å². The molecule has 2 aromatic heterocycles. The van der Waals surface area contributed by atoms with E-state index < -0.39 is 0 Å². The van der Waals surface area contributed by atoms with Crippen LogP contribution >= 0.6 is 23.1 Å². The van der Waals surface area contributed by atoms with Crippen LogP contribution in [0.3, 0.4) is 0 Å². The van der Waals surface area contributed by atoms with E-state index in [1.54, 1.807) is 22.0 Å². The SMILES string of the molecule is C=CCn1c(SCC(=O)N2CCc3ccccc3C2)nc2sc3c(c2c1=O)CC[C@@H](C)C3. The highest BCUT2D eigenvalue weighted by atomic mass is 32.2. The molecule has 1 amide bonds. The van der Waals surface area contributed by atoms with Gasteiger partial charge in [0.2, 0.25) is 5.91 Å². The summed E-state index contributed by atoms with van der Waals surface area (Å²) in [5.74, 6) is 1.01. The highest BCUT2D eigenvalue weighted by Crippen LogP contribution is 2.36. The summed E-state index contributed by atoms with van der Waals surface area (Å²) < 4.78 is 1.68. The van der Waals surface area contributed by atoms with Crippen molar-refractivity contribution in [2.75, 3.05) is 12.3 Å². The summed E-state index contributed by atoms with van der Waals surface area (Å²) in [7, 11) is 0. The number of benzene rings is 1. The number of hydrogen-bond acceptors (Lipinski definition) is 5. The maximum atomic E-state index is 13.4. The number of aryl methyl sites for hydroxylation is 1. The van der Waals surface area contributed by atoms with Crippen molar-refractivity contribution in [3.05, 3.63) is 68.8 Å². The number of carbonyl (C=O) groups is 1. The van der Waals surface area contributed by atoms with Crippen molar-refractivity contribution in [3.63, 3.8) is 0 Å². The minimum atomic E-state index is 0.00352. The van der Waals surface area contributed by atoms with Gasteiger partial charge < -0.3 is 4.90 Å². The zero-order valence-electron chi connectivity index (χ0n) is 18.3. The molecule has 0 radical (unpaired) electrons. The van der Waals surface area contributed by atoms with Crippen LogP contribution in [-0.4, -0.2) is 32.7 Å². The third-order valence-electron chi connectivity index (χ3n) is 6.50. The molecule has 3 aromatic rings. The Morgan fingerprint density at radius 2 is 2.12 bits per heavy atom. The van der Waals surface area contributed by atoms with Gasteiger partial charge in [0.1, 0.15) is 4.83 Å². The topological polar surface area (TPSA) is 55.2 Å². The van der Waals surface area contributed by atoms with Crippen LogP contribution in [0.2, 0.25) is 0 Å². The van der Waals surface area contributed by atoms with Crippen molar-refractivity contribution < 1.29 is 4.79 Å². The van der Waals surface area contributed by atoms with Crippen LogP contribution in [0.5, 0.6) is 0 Å². The van der Waals surface area contributed by atoms with Crippen molar-refractivity contribution in [2.45, 2.75) is 50.9 Å². The predicted molar refractivity (Wildman–Crippen MR) is 132 cm³/mol. The molecule has 1 aliphatic carbocycles. The summed E-state index contributed by atoms with van der Waals surface area (Å²) in [6.07, 6.45) is 5.70. The van der Waals surface area contributed by atoms with Crippen molar-refractivity contribution in [3.8, 4) is 0 Å². The van der Waals surface area contributed by atoms with Gasteiger partial charge in [0, 0.05) is 24.5 Å².